The van der Waals surface area contributed by atoms with E-state index >= 15 is 0 Å². The molecule has 0 N–H and O–H groups in total. The topological polar surface area (TPSA) is 53.4 Å². The van der Waals surface area contributed by atoms with Crippen LogP contribution in [0.3, 0.4) is 0 Å². The first kappa shape index (κ1) is 19.0. The minimum Gasteiger partial charge on any atom is -0.490 e. The normalized spacial score (nSPS) is 13.8. The van der Waals surface area contributed by atoms with Crippen LogP contribution in [-0.4, -0.2) is 23.0 Å². The number of nitrogens with zero attached hydrogens (tertiary/aromatic N) is 2. The van der Waals surface area contributed by atoms with Gasteiger partial charge in [0.15, 0.2) is 11.5 Å². The van der Waals surface area contributed by atoms with Crippen LogP contribution in [0.4, 0.5) is 13.2 Å². The minimum atomic E-state index is -4.40. The van der Waals surface area contributed by atoms with E-state index in [2.05, 4.69) is 5.10 Å². The number of hydrogen-bond acceptors (Lipinski definition) is 4. The van der Waals surface area contributed by atoms with E-state index < -0.39 is 11.7 Å². The summed E-state index contributed by atoms with van der Waals surface area (Å²) in [7, 11) is 0. The van der Waals surface area contributed by atoms with Gasteiger partial charge >= 0.3 is 6.18 Å². The lowest BCUT2D eigenvalue weighted by Crippen LogP contribution is -2.22. The molecule has 1 aliphatic heterocycles. The maximum atomic E-state index is 12.7. The standard InChI is InChI=1S/C21H17F3N2O3/c22-21(23,24)16-5-2-14(3-6-16)13-26-20(27)9-7-17(25-26)15-4-8-18-19(12-15)29-11-1-10-28-18/h2-9,12H,1,10-11,13H2. The lowest BCUT2D eigenvalue weighted by Gasteiger charge is -2.11. The van der Waals surface area contributed by atoms with Gasteiger partial charge in [-0.15, -0.1) is 0 Å². The number of aromatic nitrogens is 2. The van der Waals surface area contributed by atoms with E-state index in [4.69, 9.17) is 9.47 Å². The highest BCUT2D eigenvalue weighted by Gasteiger charge is 2.29. The molecule has 1 aromatic heterocycles. The molecule has 0 spiro atoms. The van der Waals surface area contributed by atoms with Crippen molar-refractivity contribution in [3.8, 4) is 22.8 Å². The lowest BCUT2D eigenvalue weighted by atomic mass is 10.1. The molecule has 0 bridgehead atoms. The lowest BCUT2D eigenvalue weighted by molar-refractivity contribution is -0.137. The van der Waals surface area contributed by atoms with E-state index in [1.54, 1.807) is 18.2 Å². The van der Waals surface area contributed by atoms with Gasteiger partial charge in [-0.3, -0.25) is 4.79 Å². The number of hydrogen-bond donors (Lipinski definition) is 0. The Balaban J connectivity index is 1.61. The molecule has 0 saturated heterocycles. The highest BCUT2D eigenvalue weighted by Crippen LogP contribution is 2.33. The van der Waals surface area contributed by atoms with Crippen LogP contribution in [0.5, 0.6) is 11.5 Å². The summed E-state index contributed by atoms with van der Waals surface area (Å²) in [6, 6.07) is 13.1. The van der Waals surface area contributed by atoms with Crippen LogP contribution in [0.25, 0.3) is 11.3 Å². The van der Waals surface area contributed by atoms with Crippen molar-refractivity contribution in [1.29, 1.82) is 0 Å². The molecule has 2 heterocycles. The molecule has 0 fully saturated rings. The van der Waals surface area contributed by atoms with Gasteiger partial charge in [0, 0.05) is 18.1 Å². The van der Waals surface area contributed by atoms with Crippen molar-refractivity contribution in [2.24, 2.45) is 0 Å². The predicted octanol–water partition coefficient (Wildman–Crippen LogP) is 4.14. The van der Waals surface area contributed by atoms with Gasteiger partial charge in [-0.25, -0.2) is 4.68 Å². The molecule has 0 amide bonds. The third-order valence-corrected chi connectivity index (χ3v) is 4.52. The van der Waals surface area contributed by atoms with E-state index in [0.717, 1.165) is 24.1 Å². The second-order valence-corrected chi connectivity index (χ2v) is 6.62. The quantitative estimate of drug-likeness (QED) is 0.661. The summed E-state index contributed by atoms with van der Waals surface area (Å²) in [6.45, 7) is 1.20. The highest BCUT2D eigenvalue weighted by atomic mass is 19.4. The van der Waals surface area contributed by atoms with Crippen molar-refractivity contribution in [2.45, 2.75) is 19.1 Å². The summed E-state index contributed by atoms with van der Waals surface area (Å²) >= 11 is 0. The molecule has 0 aliphatic carbocycles. The molecule has 0 radical (unpaired) electrons. The Morgan fingerprint density at radius 2 is 1.66 bits per heavy atom. The molecule has 5 nitrogen and oxygen atoms in total. The molecular formula is C21H17F3N2O3. The number of ether oxygens (including phenoxy) is 2. The third kappa shape index (κ3) is 4.26. The van der Waals surface area contributed by atoms with Gasteiger partial charge in [0.05, 0.1) is 31.0 Å². The fourth-order valence-electron chi connectivity index (χ4n) is 3.01. The summed E-state index contributed by atoms with van der Waals surface area (Å²) < 4.78 is 50.7. The number of fused-ring (bicyclic) bond motifs is 1. The minimum absolute atomic E-state index is 0.0648. The average Bonchev–Trinajstić information content (AvgIpc) is 2.94. The second-order valence-electron chi connectivity index (χ2n) is 6.62. The zero-order valence-corrected chi connectivity index (χ0v) is 15.3. The molecule has 0 unspecified atom stereocenters. The van der Waals surface area contributed by atoms with Gasteiger partial charge < -0.3 is 9.47 Å². The SMILES string of the molecule is O=c1ccc(-c2ccc3c(c2)OCCCO3)nn1Cc1ccc(C(F)(F)F)cc1. The van der Waals surface area contributed by atoms with Crippen molar-refractivity contribution >= 4 is 0 Å². The molecule has 1 aliphatic rings. The predicted molar refractivity (Wildman–Crippen MR) is 100 cm³/mol. The molecule has 150 valence electrons. The zero-order chi connectivity index (χ0) is 20.4. The van der Waals surface area contributed by atoms with Gasteiger partial charge in [-0.2, -0.15) is 18.3 Å². The summed E-state index contributed by atoms with van der Waals surface area (Å²) in [4.78, 5) is 12.2. The highest BCUT2D eigenvalue weighted by molar-refractivity contribution is 5.63. The van der Waals surface area contributed by atoms with E-state index in [-0.39, 0.29) is 12.1 Å². The van der Waals surface area contributed by atoms with Gasteiger partial charge in [-0.1, -0.05) is 12.1 Å². The monoisotopic (exact) mass is 402 g/mol. The van der Waals surface area contributed by atoms with Crippen LogP contribution in [0.15, 0.2) is 59.4 Å². The van der Waals surface area contributed by atoms with E-state index in [0.29, 0.717) is 36.0 Å². The summed E-state index contributed by atoms with van der Waals surface area (Å²) in [6.07, 6.45) is -3.61. The van der Waals surface area contributed by atoms with E-state index in [9.17, 15) is 18.0 Å². The first-order chi connectivity index (χ1) is 13.9. The summed E-state index contributed by atoms with van der Waals surface area (Å²) in [5, 5.41) is 4.37. The molecular weight excluding hydrogens is 385 g/mol. The molecule has 2 aromatic carbocycles. The fraction of sp³-hybridized carbons (Fsp3) is 0.238. The van der Waals surface area contributed by atoms with Gasteiger partial charge in [-0.05, 0) is 42.0 Å². The Hall–Kier alpha value is -3.29. The molecule has 0 saturated carbocycles. The molecule has 29 heavy (non-hydrogen) atoms. The Morgan fingerprint density at radius 3 is 2.38 bits per heavy atom. The van der Waals surface area contributed by atoms with E-state index in [1.165, 1.54) is 22.9 Å². The van der Waals surface area contributed by atoms with Crippen molar-refractivity contribution < 1.29 is 22.6 Å². The van der Waals surface area contributed by atoms with Crippen LogP contribution in [0.1, 0.15) is 17.5 Å². The average molecular weight is 402 g/mol. The third-order valence-electron chi connectivity index (χ3n) is 4.52. The maximum Gasteiger partial charge on any atom is 0.416 e. The number of benzene rings is 2. The summed E-state index contributed by atoms with van der Waals surface area (Å²) in [5.41, 5.74) is 0.761. The van der Waals surface area contributed by atoms with Crippen LogP contribution in [-0.2, 0) is 12.7 Å². The zero-order valence-electron chi connectivity index (χ0n) is 15.3. The van der Waals surface area contributed by atoms with Crippen LogP contribution < -0.4 is 15.0 Å². The van der Waals surface area contributed by atoms with Crippen molar-refractivity contribution in [1.82, 2.24) is 9.78 Å². The number of alkyl halides is 3. The molecule has 0 atom stereocenters. The molecule has 3 aromatic rings. The first-order valence-electron chi connectivity index (χ1n) is 9.04. The second kappa shape index (κ2) is 7.62. The van der Waals surface area contributed by atoms with Crippen LogP contribution in [0.2, 0.25) is 0 Å². The molecule has 8 heteroatoms. The molecule has 4 rings (SSSR count). The van der Waals surface area contributed by atoms with Crippen LogP contribution >= 0.6 is 0 Å². The van der Waals surface area contributed by atoms with Gasteiger partial charge in [0.25, 0.3) is 5.56 Å². The fourth-order valence-corrected chi connectivity index (χ4v) is 3.01. The van der Waals surface area contributed by atoms with Crippen molar-refractivity contribution in [2.75, 3.05) is 13.2 Å². The van der Waals surface area contributed by atoms with Gasteiger partial charge in [0.1, 0.15) is 0 Å². The van der Waals surface area contributed by atoms with Gasteiger partial charge in [0.2, 0.25) is 0 Å². The first-order valence-corrected chi connectivity index (χ1v) is 9.04. The van der Waals surface area contributed by atoms with E-state index in [1.807, 2.05) is 6.07 Å². The summed E-state index contributed by atoms with van der Waals surface area (Å²) in [5.74, 6) is 1.27. The Bertz CT molecular complexity index is 1080. The number of halogens is 3. The van der Waals surface area contributed by atoms with Crippen molar-refractivity contribution in [3.63, 3.8) is 0 Å². The van der Waals surface area contributed by atoms with Crippen LogP contribution in [0, 0.1) is 0 Å². The Labute approximate surface area is 164 Å². The Morgan fingerprint density at radius 1 is 0.931 bits per heavy atom. The van der Waals surface area contributed by atoms with Crippen molar-refractivity contribution in [3.05, 3.63) is 76.1 Å². The number of rotatable bonds is 3. The maximum absolute atomic E-state index is 12.7. The smallest absolute Gasteiger partial charge is 0.416 e. The Kier molecular flexibility index (Phi) is 5.00. The largest absolute Gasteiger partial charge is 0.490 e.